The van der Waals surface area contributed by atoms with E-state index in [9.17, 15) is 1.37 Å². The zero-order valence-electron chi connectivity index (χ0n) is 26.8. The fourth-order valence-corrected chi connectivity index (χ4v) is 5.84. The topological polar surface area (TPSA) is 13.1 Å². The minimum absolute atomic E-state index is 0.0233. The molecule has 0 radical (unpaired) electrons. The van der Waals surface area contributed by atoms with E-state index in [0.29, 0.717) is 16.5 Å². The molecule has 0 spiro atoms. The number of hydrogen-bond donors (Lipinski definition) is 0. The van der Waals surface area contributed by atoms with Crippen molar-refractivity contribution in [1.82, 2.24) is 0 Å². The number of hydrogen-bond acceptors (Lipinski definition) is 1. The fraction of sp³-hybridized carbons (Fsp3) is 0. The van der Waals surface area contributed by atoms with Crippen molar-refractivity contribution in [1.29, 1.82) is 0 Å². The maximum absolute atomic E-state index is 9.35. The van der Waals surface area contributed by atoms with Crippen molar-refractivity contribution >= 4 is 43.5 Å². The second kappa shape index (κ2) is 8.72. The van der Waals surface area contributed by atoms with Gasteiger partial charge in [0.15, 0.2) is 0 Å². The molecule has 182 valence electrons. The molecule has 0 bridgehead atoms. The molecule has 0 amide bonds. The molecule has 0 saturated carbocycles. The smallest absolute Gasteiger partial charge is 0.136 e. The Morgan fingerprint density at radius 3 is 1.59 bits per heavy atom. The van der Waals surface area contributed by atoms with Crippen LogP contribution < -0.4 is 0 Å². The van der Waals surface area contributed by atoms with Gasteiger partial charge in [-0.1, -0.05) is 133 Å². The first-order valence-corrected chi connectivity index (χ1v) is 12.9. The highest BCUT2D eigenvalue weighted by atomic mass is 16.3. The molecule has 7 aromatic carbocycles. The van der Waals surface area contributed by atoms with Crippen LogP contribution in [0.4, 0.5) is 0 Å². The van der Waals surface area contributed by atoms with Crippen LogP contribution in [0.25, 0.3) is 76.9 Å². The molecular weight excluding hydrogens is 472 g/mol. The molecule has 0 unspecified atom stereocenters. The summed E-state index contributed by atoms with van der Waals surface area (Å²) >= 11 is 0. The predicted octanol–water partition coefficient (Wildman–Crippen LogP) is 10.9. The van der Waals surface area contributed by atoms with Crippen LogP contribution in [0.5, 0.6) is 0 Å². The first kappa shape index (κ1) is 16.7. The van der Waals surface area contributed by atoms with E-state index in [2.05, 4.69) is 36.4 Å². The third kappa shape index (κ3) is 3.34. The summed E-state index contributed by atoms with van der Waals surface area (Å²) in [6.07, 6.45) is 0. The molecule has 1 heteroatoms. The molecule has 1 nitrogen and oxygen atoms in total. The van der Waals surface area contributed by atoms with Gasteiger partial charge in [-0.25, -0.2) is 0 Å². The molecule has 0 aliphatic rings. The van der Waals surface area contributed by atoms with E-state index in [1.54, 1.807) is 0 Å². The zero-order chi connectivity index (χ0) is 31.0. The minimum Gasteiger partial charge on any atom is -0.456 e. The SMILES string of the molecule is [2H]c1c([2H])c([2H])c2c(oc3c([2H])c([2H])c(-c4ccccc4)c(-c4c5ccccc5c(-c5ccccc5)c5ccccc45)c32)c1[2H]. The molecule has 0 fully saturated rings. The Morgan fingerprint density at radius 1 is 0.410 bits per heavy atom. The van der Waals surface area contributed by atoms with Crippen LogP contribution in [0.1, 0.15) is 8.22 Å². The lowest BCUT2D eigenvalue weighted by atomic mass is 9.82. The van der Waals surface area contributed by atoms with Crippen LogP contribution in [0.15, 0.2) is 150 Å². The highest BCUT2D eigenvalue weighted by Gasteiger charge is 2.23. The highest BCUT2D eigenvalue weighted by molar-refractivity contribution is 6.27. The standard InChI is InChI=1S/C38H24O/c1-3-13-25(14-4-1)27-23-24-34-37(32-21-11-12-22-33(32)39-34)38(27)36-30-19-9-7-17-28(30)35(26-15-5-2-6-16-26)29-18-8-10-20-31(29)36/h1-24H/i11D,12D,21D,22D,23D,24D. The van der Waals surface area contributed by atoms with Crippen LogP contribution in [-0.2, 0) is 0 Å². The van der Waals surface area contributed by atoms with E-state index in [1.807, 2.05) is 72.8 Å². The molecule has 39 heavy (non-hydrogen) atoms. The average Bonchev–Trinajstić information content (AvgIpc) is 3.49. The summed E-state index contributed by atoms with van der Waals surface area (Å²) in [6, 6.07) is 34.4. The third-order valence-electron chi connectivity index (χ3n) is 7.44. The predicted molar refractivity (Wildman–Crippen MR) is 165 cm³/mol. The van der Waals surface area contributed by atoms with Crippen LogP contribution in [-0.4, -0.2) is 0 Å². The summed E-state index contributed by atoms with van der Waals surface area (Å²) < 4.78 is 59.1. The van der Waals surface area contributed by atoms with Gasteiger partial charge in [-0.2, -0.15) is 0 Å². The largest absolute Gasteiger partial charge is 0.456 e. The summed E-state index contributed by atoms with van der Waals surface area (Å²) in [5, 5.41) is 4.44. The van der Waals surface area contributed by atoms with Gasteiger partial charge < -0.3 is 4.42 Å². The normalized spacial score (nSPS) is 13.7. The van der Waals surface area contributed by atoms with E-state index in [-0.39, 0.29) is 46.8 Å². The number of benzene rings is 7. The Balaban J connectivity index is 1.70. The van der Waals surface area contributed by atoms with Crippen molar-refractivity contribution in [2.24, 2.45) is 0 Å². The van der Waals surface area contributed by atoms with Gasteiger partial charge in [-0.05, 0) is 61.4 Å². The quantitative estimate of drug-likeness (QED) is 0.219. The third-order valence-corrected chi connectivity index (χ3v) is 7.44. The number of fused-ring (bicyclic) bond motifs is 5. The number of rotatable bonds is 3. The monoisotopic (exact) mass is 502 g/mol. The van der Waals surface area contributed by atoms with Crippen molar-refractivity contribution in [3.05, 3.63) is 145 Å². The Kier molecular flexibility index (Phi) is 3.72. The molecule has 0 atom stereocenters. The van der Waals surface area contributed by atoms with Crippen LogP contribution >= 0.6 is 0 Å². The lowest BCUT2D eigenvalue weighted by Crippen LogP contribution is -1.93. The molecule has 1 aromatic heterocycles. The highest BCUT2D eigenvalue weighted by Crippen LogP contribution is 2.49. The second-order valence-electron chi connectivity index (χ2n) is 9.58. The van der Waals surface area contributed by atoms with Gasteiger partial charge in [-0.15, -0.1) is 0 Å². The summed E-state index contributed by atoms with van der Waals surface area (Å²) in [4.78, 5) is 0. The lowest BCUT2D eigenvalue weighted by Gasteiger charge is -2.20. The van der Waals surface area contributed by atoms with E-state index in [1.165, 1.54) is 0 Å². The van der Waals surface area contributed by atoms with Gasteiger partial charge in [0.25, 0.3) is 0 Å². The van der Waals surface area contributed by atoms with Gasteiger partial charge in [-0.3, -0.25) is 0 Å². The lowest BCUT2D eigenvalue weighted by molar-refractivity contribution is 0.669. The van der Waals surface area contributed by atoms with Crippen molar-refractivity contribution in [3.8, 4) is 33.4 Å². The molecule has 8 aromatic rings. The van der Waals surface area contributed by atoms with Gasteiger partial charge in [0.2, 0.25) is 0 Å². The number of para-hydroxylation sites is 1. The minimum atomic E-state index is -0.405. The van der Waals surface area contributed by atoms with Crippen molar-refractivity contribution < 1.29 is 12.6 Å². The summed E-state index contributed by atoms with van der Waals surface area (Å²) in [7, 11) is 0. The van der Waals surface area contributed by atoms with E-state index in [0.717, 1.165) is 43.8 Å². The molecular formula is C38H24O. The summed E-state index contributed by atoms with van der Waals surface area (Å²) in [5.41, 5.74) is 4.83. The molecule has 0 aliphatic heterocycles. The molecule has 0 aliphatic carbocycles. The maximum atomic E-state index is 9.35. The van der Waals surface area contributed by atoms with Crippen LogP contribution in [0.3, 0.4) is 0 Å². The van der Waals surface area contributed by atoms with Crippen molar-refractivity contribution in [3.63, 3.8) is 0 Å². The van der Waals surface area contributed by atoms with Crippen molar-refractivity contribution in [2.75, 3.05) is 0 Å². The van der Waals surface area contributed by atoms with Gasteiger partial charge >= 0.3 is 0 Å². The molecule has 1 heterocycles. The number of furan rings is 1. The zero-order valence-corrected chi connectivity index (χ0v) is 20.8. The Hall–Kier alpha value is -5.14. The first-order valence-electron chi connectivity index (χ1n) is 15.9. The van der Waals surface area contributed by atoms with Gasteiger partial charge in [0.05, 0.1) is 8.22 Å². The Morgan fingerprint density at radius 2 is 0.949 bits per heavy atom. The van der Waals surface area contributed by atoms with E-state index >= 15 is 0 Å². The van der Waals surface area contributed by atoms with E-state index < -0.39 is 6.04 Å². The Bertz CT molecular complexity index is 2430. The van der Waals surface area contributed by atoms with Crippen LogP contribution in [0.2, 0.25) is 0 Å². The first-order chi connectivity index (χ1) is 21.9. The van der Waals surface area contributed by atoms with E-state index in [4.69, 9.17) is 11.3 Å². The van der Waals surface area contributed by atoms with Crippen molar-refractivity contribution in [2.45, 2.75) is 0 Å². The van der Waals surface area contributed by atoms with Crippen LogP contribution in [0, 0.1) is 0 Å². The van der Waals surface area contributed by atoms with Gasteiger partial charge in [0, 0.05) is 16.3 Å². The maximum Gasteiger partial charge on any atom is 0.136 e. The van der Waals surface area contributed by atoms with Gasteiger partial charge in [0.1, 0.15) is 11.2 Å². The Labute approximate surface area is 235 Å². The summed E-state index contributed by atoms with van der Waals surface area (Å²) in [5.74, 6) is 0. The molecule has 0 N–H and O–H groups in total. The fourth-order valence-electron chi connectivity index (χ4n) is 5.84. The second-order valence-corrected chi connectivity index (χ2v) is 9.58. The average molecular weight is 503 g/mol. The molecule has 8 rings (SSSR count). The summed E-state index contributed by atoms with van der Waals surface area (Å²) in [6.45, 7) is 0. The molecule has 0 saturated heterocycles.